The lowest BCUT2D eigenvalue weighted by Crippen LogP contribution is -2.59. The molecule has 12 N–H and O–H groups in total. The molecular formula is C20H37N7O7. The van der Waals surface area contributed by atoms with Crippen LogP contribution in [0.1, 0.15) is 52.4 Å². The predicted octanol–water partition coefficient (Wildman–Crippen LogP) is -3.22. The number of unbranched alkanes of at least 4 members (excludes halogenated alkanes) is 1. The van der Waals surface area contributed by atoms with E-state index in [-0.39, 0.29) is 19.3 Å². The van der Waals surface area contributed by atoms with E-state index < -0.39 is 72.0 Å². The molecule has 34 heavy (non-hydrogen) atoms. The molecule has 4 unspecified atom stereocenters. The maximum Gasteiger partial charge on any atom is 0.326 e. The lowest BCUT2D eigenvalue weighted by atomic mass is 10.0. The molecule has 0 aromatic heterocycles. The predicted molar refractivity (Wildman–Crippen MR) is 121 cm³/mol. The summed E-state index contributed by atoms with van der Waals surface area (Å²) in [5, 5.41) is 16.4. The van der Waals surface area contributed by atoms with Crippen LogP contribution < -0.4 is 38.9 Å². The number of rotatable bonds is 17. The zero-order chi connectivity index (χ0) is 26.4. The van der Waals surface area contributed by atoms with Gasteiger partial charge in [-0.2, -0.15) is 0 Å². The Hall–Kier alpha value is -3.26. The van der Waals surface area contributed by atoms with Crippen molar-refractivity contribution in [1.29, 1.82) is 0 Å². The minimum Gasteiger partial charge on any atom is -0.480 e. The molecule has 0 bridgehead atoms. The molecule has 0 spiro atoms. The standard InChI is InChI=1S/C20H37N7O7/c1-10(2)16(27-17(30)11(22)6-7-14(23)28)19(32)26-13(9-15(24)29)18(31)25-12(20(33)34)5-3-4-8-21/h10-13,16H,3-9,21-22H2,1-2H3,(H2,23,28)(H2,24,29)(H,25,31)(H,26,32)(H,27,30)(H,33,34). The fraction of sp³-hybridized carbons (Fsp3) is 0.700. The molecule has 0 rings (SSSR count). The first-order chi connectivity index (χ1) is 15.8. The number of nitrogens with one attached hydrogen (secondary N) is 3. The van der Waals surface area contributed by atoms with E-state index in [9.17, 15) is 33.9 Å². The van der Waals surface area contributed by atoms with Crippen molar-refractivity contribution in [2.45, 2.75) is 76.5 Å². The summed E-state index contributed by atoms with van der Waals surface area (Å²) in [6.45, 7) is 3.61. The Morgan fingerprint density at radius 2 is 1.38 bits per heavy atom. The van der Waals surface area contributed by atoms with Gasteiger partial charge in [0.2, 0.25) is 29.5 Å². The van der Waals surface area contributed by atoms with E-state index in [1.165, 1.54) is 0 Å². The van der Waals surface area contributed by atoms with Gasteiger partial charge >= 0.3 is 5.97 Å². The summed E-state index contributed by atoms with van der Waals surface area (Å²) in [6.07, 6.45) is 0.356. The monoisotopic (exact) mass is 487 g/mol. The number of primary amides is 2. The summed E-state index contributed by atoms with van der Waals surface area (Å²) in [4.78, 5) is 71.6. The van der Waals surface area contributed by atoms with Crippen molar-refractivity contribution in [3.63, 3.8) is 0 Å². The Balaban J connectivity index is 5.37. The van der Waals surface area contributed by atoms with Crippen molar-refractivity contribution in [2.75, 3.05) is 6.54 Å². The molecule has 194 valence electrons. The number of aliphatic carboxylic acids is 1. The molecule has 0 saturated carbocycles. The van der Waals surface area contributed by atoms with Crippen molar-refractivity contribution < 1.29 is 33.9 Å². The average molecular weight is 488 g/mol. The fourth-order valence-electron chi connectivity index (χ4n) is 2.92. The SMILES string of the molecule is CC(C)C(NC(=O)C(N)CCC(N)=O)C(=O)NC(CC(N)=O)C(=O)NC(CCCCN)C(=O)O. The second kappa shape index (κ2) is 15.6. The van der Waals surface area contributed by atoms with Gasteiger partial charge in [-0.1, -0.05) is 13.8 Å². The molecular weight excluding hydrogens is 450 g/mol. The Kier molecular flexibility index (Phi) is 14.1. The molecule has 14 nitrogen and oxygen atoms in total. The molecule has 5 amide bonds. The Labute approximate surface area is 197 Å². The molecule has 0 radical (unpaired) electrons. The van der Waals surface area contributed by atoms with E-state index in [0.29, 0.717) is 19.4 Å². The number of carbonyl (C=O) groups is 6. The largest absolute Gasteiger partial charge is 0.480 e. The first kappa shape index (κ1) is 30.7. The summed E-state index contributed by atoms with van der Waals surface area (Å²) in [5.74, 6) is -5.71. The average Bonchev–Trinajstić information content (AvgIpc) is 2.73. The van der Waals surface area contributed by atoms with Gasteiger partial charge in [-0.05, 0) is 38.1 Å². The maximum atomic E-state index is 12.8. The van der Waals surface area contributed by atoms with Crippen molar-refractivity contribution in [2.24, 2.45) is 28.9 Å². The highest BCUT2D eigenvalue weighted by Crippen LogP contribution is 2.07. The molecule has 0 aliphatic rings. The van der Waals surface area contributed by atoms with Crippen LogP contribution in [0, 0.1) is 5.92 Å². The van der Waals surface area contributed by atoms with Crippen molar-refractivity contribution in [1.82, 2.24) is 16.0 Å². The highest BCUT2D eigenvalue weighted by molar-refractivity contribution is 5.96. The molecule has 0 saturated heterocycles. The fourth-order valence-corrected chi connectivity index (χ4v) is 2.92. The minimum absolute atomic E-state index is 0.0267. The lowest BCUT2D eigenvalue weighted by Gasteiger charge is -2.26. The van der Waals surface area contributed by atoms with Crippen LogP contribution in [0.15, 0.2) is 0 Å². The number of carboxylic acids is 1. The smallest absolute Gasteiger partial charge is 0.326 e. The van der Waals surface area contributed by atoms with Gasteiger partial charge in [0.25, 0.3) is 0 Å². The molecule has 0 aliphatic heterocycles. The number of nitrogens with two attached hydrogens (primary N) is 4. The topological polar surface area (TPSA) is 263 Å². The molecule has 0 aliphatic carbocycles. The minimum atomic E-state index is -1.47. The van der Waals surface area contributed by atoms with Gasteiger partial charge < -0.3 is 44.0 Å². The van der Waals surface area contributed by atoms with Crippen LogP contribution in [-0.4, -0.2) is 71.3 Å². The quantitative estimate of drug-likeness (QED) is 0.0957. The highest BCUT2D eigenvalue weighted by atomic mass is 16.4. The van der Waals surface area contributed by atoms with Crippen LogP contribution in [0.4, 0.5) is 0 Å². The normalized spacial score (nSPS) is 14.4. The van der Waals surface area contributed by atoms with E-state index in [0.717, 1.165) is 0 Å². The van der Waals surface area contributed by atoms with Gasteiger partial charge in [0, 0.05) is 6.42 Å². The van der Waals surface area contributed by atoms with Crippen molar-refractivity contribution in [3.05, 3.63) is 0 Å². The molecule has 0 aromatic carbocycles. The molecule has 14 heteroatoms. The number of hydrogen-bond acceptors (Lipinski definition) is 8. The van der Waals surface area contributed by atoms with E-state index in [1.54, 1.807) is 13.8 Å². The van der Waals surface area contributed by atoms with Gasteiger partial charge in [0.1, 0.15) is 18.1 Å². The number of amides is 5. The van der Waals surface area contributed by atoms with Crippen molar-refractivity contribution in [3.8, 4) is 0 Å². The Morgan fingerprint density at radius 1 is 0.794 bits per heavy atom. The second-order valence-corrected chi connectivity index (χ2v) is 8.26. The Bertz CT molecular complexity index is 745. The van der Waals surface area contributed by atoms with Crippen LogP contribution >= 0.6 is 0 Å². The first-order valence-corrected chi connectivity index (χ1v) is 11.0. The van der Waals surface area contributed by atoms with Crippen LogP contribution in [0.25, 0.3) is 0 Å². The molecule has 0 aromatic rings. The summed E-state index contributed by atoms with van der Waals surface area (Å²) >= 11 is 0. The van der Waals surface area contributed by atoms with Gasteiger partial charge in [0.15, 0.2) is 0 Å². The third-order valence-electron chi connectivity index (χ3n) is 4.89. The first-order valence-electron chi connectivity index (χ1n) is 11.0. The molecule has 0 fully saturated rings. The van der Waals surface area contributed by atoms with Gasteiger partial charge in [0.05, 0.1) is 12.5 Å². The second-order valence-electron chi connectivity index (χ2n) is 8.26. The van der Waals surface area contributed by atoms with Gasteiger partial charge in [-0.15, -0.1) is 0 Å². The van der Waals surface area contributed by atoms with Gasteiger partial charge in [-0.25, -0.2) is 4.79 Å². The molecule has 0 heterocycles. The van der Waals surface area contributed by atoms with E-state index in [1.807, 2.05) is 0 Å². The zero-order valence-corrected chi connectivity index (χ0v) is 19.5. The zero-order valence-electron chi connectivity index (χ0n) is 19.5. The van der Waals surface area contributed by atoms with Crippen LogP contribution in [0.2, 0.25) is 0 Å². The number of hydrogen-bond donors (Lipinski definition) is 8. The van der Waals surface area contributed by atoms with E-state index in [4.69, 9.17) is 22.9 Å². The highest BCUT2D eigenvalue weighted by Gasteiger charge is 2.32. The van der Waals surface area contributed by atoms with E-state index in [2.05, 4.69) is 16.0 Å². The summed E-state index contributed by atoms with van der Waals surface area (Å²) in [5.41, 5.74) is 21.3. The summed E-state index contributed by atoms with van der Waals surface area (Å²) < 4.78 is 0. The Morgan fingerprint density at radius 3 is 1.85 bits per heavy atom. The van der Waals surface area contributed by atoms with Crippen LogP contribution in [0.5, 0.6) is 0 Å². The lowest BCUT2D eigenvalue weighted by molar-refractivity contribution is -0.142. The van der Waals surface area contributed by atoms with Crippen LogP contribution in [-0.2, 0) is 28.8 Å². The van der Waals surface area contributed by atoms with E-state index >= 15 is 0 Å². The summed E-state index contributed by atoms with van der Waals surface area (Å²) in [7, 11) is 0. The molecule has 4 atom stereocenters. The number of carbonyl (C=O) groups excluding carboxylic acids is 5. The maximum absolute atomic E-state index is 12.8. The van der Waals surface area contributed by atoms with Crippen LogP contribution in [0.3, 0.4) is 0 Å². The summed E-state index contributed by atoms with van der Waals surface area (Å²) in [6, 6.07) is -4.97. The van der Waals surface area contributed by atoms with Gasteiger partial charge in [-0.3, -0.25) is 24.0 Å². The third kappa shape index (κ3) is 12.1. The number of carboxylic acid groups (broad SMARTS) is 1. The third-order valence-corrected chi connectivity index (χ3v) is 4.89. The van der Waals surface area contributed by atoms with Crippen molar-refractivity contribution >= 4 is 35.5 Å².